The number of nitrogens with two attached hydrogens (primary N) is 1. The number of halogens is 1. The smallest absolute Gasteiger partial charge is 0.125 e. The maximum Gasteiger partial charge on any atom is 0.125 e. The van der Waals surface area contributed by atoms with E-state index in [9.17, 15) is 4.39 Å². The largest absolute Gasteiger partial charge is 0.397 e. The van der Waals surface area contributed by atoms with Crippen LogP contribution in [0.25, 0.3) is 16.6 Å². The summed E-state index contributed by atoms with van der Waals surface area (Å²) in [5.74, 6) is -0.325. The zero-order valence-corrected chi connectivity index (χ0v) is 8.97. The van der Waals surface area contributed by atoms with Crippen LogP contribution in [0, 0.1) is 5.82 Å². The van der Waals surface area contributed by atoms with E-state index in [1.165, 1.54) is 12.1 Å². The standard InChI is InChI=1S/C13H10FN3/c14-10-5-6-11(15)13(7-10)17-12-4-2-1-3-9(12)8-16-17/h1-8H,15H2. The Balaban J connectivity index is 2.31. The van der Waals surface area contributed by atoms with Crippen LogP contribution in [0.4, 0.5) is 10.1 Å². The maximum absolute atomic E-state index is 13.2. The van der Waals surface area contributed by atoms with Gasteiger partial charge in [0.25, 0.3) is 0 Å². The van der Waals surface area contributed by atoms with Gasteiger partial charge in [-0.2, -0.15) is 5.10 Å². The Labute approximate surface area is 97.3 Å². The quantitative estimate of drug-likeness (QED) is 0.649. The molecule has 0 saturated heterocycles. The molecule has 0 radical (unpaired) electrons. The molecule has 0 fully saturated rings. The van der Waals surface area contributed by atoms with Crippen LogP contribution in [-0.2, 0) is 0 Å². The normalized spacial score (nSPS) is 10.9. The molecule has 3 aromatic rings. The zero-order chi connectivity index (χ0) is 11.8. The van der Waals surface area contributed by atoms with Crippen LogP contribution in [0.3, 0.4) is 0 Å². The highest BCUT2D eigenvalue weighted by molar-refractivity contribution is 5.81. The van der Waals surface area contributed by atoms with Crippen molar-refractivity contribution in [1.82, 2.24) is 9.78 Å². The van der Waals surface area contributed by atoms with Gasteiger partial charge in [0, 0.05) is 11.5 Å². The fourth-order valence-electron chi connectivity index (χ4n) is 1.86. The summed E-state index contributed by atoms with van der Waals surface area (Å²) in [5, 5.41) is 5.23. The summed E-state index contributed by atoms with van der Waals surface area (Å²) in [6.07, 6.45) is 1.74. The van der Waals surface area contributed by atoms with Crippen LogP contribution < -0.4 is 5.73 Å². The van der Waals surface area contributed by atoms with E-state index in [1.54, 1.807) is 16.9 Å². The number of aromatic nitrogens is 2. The molecule has 0 atom stereocenters. The number of anilines is 1. The van der Waals surface area contributed by atoms with Crippen molar-refractivity contribution in [1.29, 1.82) is 0 Å². The number of fused-ring (bicyclic) bond motifs is 1. The van der Waals surface area contributed by atoms with Gasteiger partial charge in [-0.25, -0.2) is 9.07 Å². The highest BCUT2D eigenvalue weighted by atomic mass is 19.1. The van der Waals surface area contributed by atoms with E-state index < -0.39 is 0 Å². The Morgan fingerprint density at radius 1 is 1.12 bits per heavy atom. The van der Waals surface area contributed by atoms with Gasteiger partial charge in [-0.3, -0.25) is 0 Å². The predicted octanol–water partition coefficient (Wildman–Crippen LogP) is 2.75. The first-order valence-corrected chi connectivity index (χ1v) is 5.24. The Kier molecular flexibility index (Phi) is 2.08. The summed E-state index contributed by atoms with van der Waals surface area (Å²) in [7, 11) is 0. The summed E-state index contributed by atoms with van der Waals surface area (Å²) in [4.78, 5) is 0. The highest BCUT2D eigenvalue weighted by Gasteiger charge is 2.08. The SMILES string of the molecule is Nc1ccc(F)cc1-n1ncc2ccccc21. The molecule has 3 rings (SSSR count). The van der Waals surface area contributed by atoms with Crippen molar-refractivity contribution >= 4 is 16.6 Å². The molecular weight excluding hydrogens is 217 g/mol. The van der Waals surface area contributed by atoms with Crippen molar-refractivity contribution in [2.75, 3.05) is 5.73 Å². The first-order valence-electron chi connectivity index (χ1n) is 5.24. The van der Waals surface area contributed by atoms with E-state index in [4.69, 9.17) is 5.73 Å². The van der Waals surface area contributed by atoms with Crippen LogP contribution >= 0.6 is 0 Å². The summed E-state index contributed by atoms with van der Waals surface area (Å²) < 4.78 is 14.9. The average Bonchev–Trinajstić information content (AvgIpc) is 2.76. The molecule has 4 heteroatoms. The molecule has 0 spiro atoms. The van der Waals surface area contributed by atoms with Gasteiger partial charge in [0.2, 0.25) is 0 Å². The van der Waals surface area contributed by atoms with Gasteiger partial charge in [0.1, 0.15) is 5.82 Å². The van der Waals surface area contributed by atoms with E-state index in [0.29, 0.717) is 11.4 Å². The van der Waals surface area contributed by atoms with Crippen molar-refractivity contribution < 1.29 is 4.39 Å². The summed E-state index contributed by atoms with van der Waals surface area (Å²) in [6, 6.07) is 12.0. The van der Waals surface area contributed by atoms with E-state index in [2.05, 4.69) is 5.10 Å². The van der Waals surface area contributed by atoms with Gasteiger partial charge in [0.05, 0.1) is 23.1 Å². The number of hydrogen-bond acceptors (Lipinski definition) is 2. The molecule has 1 heterocycles. The van der Waals surface area contributed by atoms with Crippen LogP contribution in [0.2, 0.25) is 0 Å². The molecule has 17 heavy (non-hydrogen) atoms. The first kappa shape index (κ1) is 9.84. The number of benzene rings is 2. The Morgan fingerprint density at radius 3 is 2.82 bits per heavy atom. The van der Waals surface area contributed by atoms with Gasteiger partial charge in [-0.15, -0.1) is 0 Å². The Hall–Kier alpha value is -2.36. The molecule has 0 unspecified atom stereocenters. The van der Waals surface area contributed by atoms with Crippen molar-refractivity contribution in [3.8, 4) is 5.69 Å². The summed E-state index contributed by atoms with van der Waals surface area (Å²) in [5.41, 5.74) is 7.81. The van der Waals surface area contributed by atoms with Crippen molar-refractivity contribution in [3.63, 3.8) is 0 Å². The first-order chi connectivity index (χ1) is 8.25. The minimum Gasteiger partial charge on any atom is -0.397 e. The van der Waals surface area contributed by atoms with E-state index >= 15 is 0 Å². The lowest BCUT2D eigenvalue weighted by molar-refractivity contribution is 0.626. The number of para-hydroxylation sites is 1. The number of hydrogen-bond donors (Lipinski definition) is 1. The lowest BCUT2D eigenvalue weighted by Crippen LogP contribution is -2.01. The molecule has 0 aliphatic rings. The van der Waals surface area contributed by atoms with Crippen LogP contribution in [0.15, 0.2) is 48.7 Å². The van der Waals surface area contributed by atoms with E-state index in [-0.39, 0.29) is 5.82 Å². The Bertz CT molecular complexity index is 688. The van der Waals surface area contributed by atoms with Crippen LogP contribution in [0.1, 0.15) is 0 Å². The molecule has 2 aromatic carbocycles. The predicted molar refractivity (Wildman–Crippen MR) is 65.4 cm³/mol. The van der Waals surface area contributed by atoms with Gasteiger partial charge >= 0.3 is 0 Å². The number of nitrogen functional groups attached to an aromatic ring is 1. The van der Waals surface area contributed by atoms with Gasteiger partial charge < -0.3 is 5.73 Å². The summed E-state index contributed by atoms with van der Waals surface area (Å²) in [6.45, 7) is 0. The van der Waals surface area contributed by atoms with E-state index in [1.807, 2.05) is 24.3 Å². The minimum atomic E-state index is -0.325. The van der Waals surface area contributed by atoms with Crippen LogP contribution in [0.5, 0.6) is 0 Å². The zero-order valence-electron chi connectivity index (χ0n) is 8.97. The van der Waals surface area contributed by atoms with Crippen molar-refractivity contribution in [2.45, 2.75) is 0 Å². The number of nitrogens with zero attached hydrogens (tertiary/aromatic N) is 2. The molecule has 0 bridgehead atoms. The second kappa shape index (κ2) is 3.59. The molecular formula is C13H10FN3. The molecule has 1 aromatic heterocycles. The molecule has 0 saturated carbocycles. The molecule has 3 nitrogen and oxygen atoms in total. The third-order valence-electron chi connectivity index (χ3n) is 2.70. The number of rotatable bonds is 1. The fraction of sp³-hybridized carbons (Fsp3) is 0. The van der Waals surface area contributed by atoms with E-state index in [0.717, 1.165) is 10.9 Å². The maximum atomic E-state index is 13.2. The lowest BCUT2D eigenvalue weighted by atomic mass is 10.2. The second-order valence-electron chi connectivity index (χ2n) is 3.82. The molecule has 2 N–H and O–H groups in total. The molecule has 84 valence electrons. The monoisotopic (exact) mass is 227 g/mol. The lowest BCUT2D eigenvalue weighted by Gasteiger charge is -2.07. The highest BCUT2D eigenvalue weighted by Crippen LogP contribution is 2.22. The minimum absolute atomic E-state index is 0.325. The van der Waals surface area contributed by atoms with Crippen molar-refractivity contribution in [3.05, 3.63) is 54.5 Å². The second-order valence-corrected chi connectivity index (χ2v) is 3.82. The van der Waals surface area contributed by atoms with Gasteiger partial charge in [0.15, 0.2) is 0 Å². The summed E-state index contributed by atoms with van der Waals surface area (Å²) >= 11 is 0. The van der Waals surface area contributed by atoms with Gasteiger partial charge in [-0.1, -0.05) is 18.2 Å². The molecule has 0 amide bonds. The third kappa shape index (κ3) is 1.54. The van der Waals surface area contributed by atoms with Crippen LogP contribution in [-0.4, -0.2) is 9.78 Å². The third-order valence-corrected chi connectivity index (χ3v) is 2.70. The topological polar surface area (TPSA) is 43.8 Å². The average molecular weight is 227 g/mol. The Morgan fingerprint density at radius 2 is 1.94 bits per heavy atom. The molecule has 0 aliphatic carbocycles. The fourth-order valence-corrected chi connectivity index (χ4v) is 1.86. The van der Waals surface area contributed by atoms with Crippen molar-refractivity contribution in [2.24, 2.45) is 0 Å². The molecule has 0 aliphatic heterocycles. The van der Waals surface area contributed by atoms with Gasteiger partial charge in [-0.05, 0) is 18.2 Å².